The summed E-state index contributed by atoms with van der Waals surface area (Å²) < 4.78 is 7.34. The number of nitrogens with one attached hydrogen (secondary N) is 1. The van der Waals surface area contributed by atoms with Crippen molar-refractivity contribution in [3.05, 3.63) is 34.1 Å². The molecule has 4 nitrogen and oxygen atoms in total. The van der Waals surface area contributed by atoms with Crippen LogP contribution in [0.2, 0.25) is 5.02 Å². The molecule has 0 spiro atoms. The van der Waals surface area contributed by atoms with Crippen molar-refractivity contribution in [2.45, 2.75) is 19.5 Å². The van der Waals surface area contributed by atoms with Crippen LogP contribution >= 0.6 is 23.8 Å². The van der Waals surface area contributed by atoms with Crippen molar-refractivity contribution in [3.8, 4) is 11.5 Å². The van der Waals surface area contributed by atoms with E-state index in [-0.39, 0.29) is 0 Å². The predicted octanol–water partition coefficient (Wildman–Crippen LogP) is 2.16. The van der Waals surface area contributed by atoms with Crippen LogP contribution in [0.3, 0.4) is 0 Å². The molecule has 100 valence electrons. The molecule has 2 aromatic rings. The van der Waals surface area contributed by atoms with Crippen LogP contribution in [0.5, 0.6) is 0 Å². The molecular weight excluding hydrogens is 282 g/mol. The van der Waals surface area contributed by atoms with Gasteiger partial charge >= 0.3 is 0 Å². The second-order valence-corrected chi connectivity index (χ2v) is 5.58. The summed E-state index contributed by atoms with van der Waals surface area (Å²) in [5.74, 6) is 0.556. The largest absolute Gasteiger partial charge is 0.409 e. The van der Waals surface area contributed by atoms with Gasteiger partial charge in [0.05, 0.1) is 13.1 Å². The molecule has 0 aliphatic carbocycles. The van der Waals surface area contributed by atoms with Gasteiger partial charge in [-0.25, -0.2) is 0 Å². The zero-order valence-electron chi connectivity index (χ0n) is 10.4. The monoisotopic (exact) mass is 296 g/mol. The maximum Gasteiger partial charge on any atom is 0.292 e. The highest BCUT2D eigenvalue weighted by molar-refractivity contribution is 7.71. The third-order valence-electron chi connectivity index (χ3n) is 3.38. The van der Waals surface area contributed by atoms with Gasteiger partial charge in [-0.3, -0.25) is 0 Å². The number of hydrogen-bond acceptors (Lipinski definition) is 3. The number of benzene rings is 1. The molecule has 0 saturated carbocycles. The standard InChI is InChI=1S/C13H14ClN3OS/c14-11-5-3-10(4-6-11)12-15-17(13(19)18-12)9-16-7-1-2-8-16/h3-6H,1-2,7-9H2/p+1. The molecule has 19 heavy (non-hydrogen) atoms. The fraction of sp³-hybridized carbons (Fsp3) is 0.385. The summed E-state index contributed by atoms with van der Waals surface area (Å²) in [5, 5.41) is 5.15. The van der Waals surface area contributed by atoms with Gasteiger partial charge in [0, 0.05) is 23.4 Å². The van der Waals surface area contributed by atoms with Crippen LogP contribution in [-0.2, 0) is 6.67 Å². The van der Waals surface area contributed by atoms with Gasteiger partial charge in [0.1, 0.15) is 0 Å². The van der Waals surface area contributed by atoms with Gasteiger partial charge in [0.25, 0.3) is 4.84 Å². The smallest absolute Gasteiger partial charge is 0.292 e. The third-order valence-corrected chi connectivity index (χ3v) is 3.93. The minimum absolute atomic E-state index is 0.435. The van der Waals surface area contributed by atoms with E-state index in [2.05, 4.69) is 5.10 Å². The Bertz CT molecular complexity index is 614. The predicted molar refractivity (Wildman–Crippen MR) is 75.7 cm³/mol. The van der Waals surface area contributed by atoms with Crippen LogP contribution in [0, 0.1) is 4.84 Å². The zero-order valence-corrected chi connectivity index (χ0v) is 12.0. The second-order valence-electron chi connectivity index (χ2n) is 4.79. The Labute approximate surface area is 121 Å². The van der Waals surface area contributed by atoms with E-state index in [0.29, 0.717) is 15.8 Å². The Kier molecular flexibility index (Phi) is 3.68. The number of nitrogens with zero attached hydrogens (tertiary/aromatic N) is 2. The van der Waals surface area contributed by atoms with Crippen molar-refractivity contribution in [3.63, 3.8) is 0 Å². The molecule has 1 N–H and O–H groups in total. The quantitative estimate of drug-likeness (QED) is 0.882. The fourth-order valence-electron chi connectivity index (χ4n) is 2.36. The van der Waals surface area contributed by atoms with Gasteiger partial charge in [0.2, 0.25) is 5.89 Å². The molecule has 3 rings (SSSR count). The SMILES string of the molecule is S=c1oc(-c2ccc(Cl)cc2)nn1C[NH+]1CCCC1. The molecule has 1 fully saturated rings. The van der Waals surface area contributed by atoms with E-state index < -0.39 is 0 Å². The maximum atomic E-state index is 5.87. The number of quaternary nitrogens is 1. The van der Waals surface area contributed by atoms with E-state index in [1.807, 2.05) is 24.3 Å². The lowest BCUT2D eigenvalue weighted by atomic mass is 10.2. The van der Waals surface area contributed by atoms with Gasteiger partial charge in [-0.2, -0.15) is 4.68 Å². The first-order valence-electron chi connectivity index (χ1n) is 6.40. The minimum Gasteiger partial charge on any atom is -0.409 e. The van der Waals surface area contributed by atoms with Gasteiger partial charge in [-0.15, -0.1) is 5.10 Å². The number of halogens is 1. The second kappa shape index (κ2) is 5.45. The van der Waals surface area contributed by atoms with Crippen molar-refractivity contribution < 1.29 is 9.32 Å². The van der Waals surface area contributed by atoms with Crippen molar-refractivity contribution in [2.75, 3.05) is 13.1 Å². The number of hydrogen-bond donors (Lipinski definition) is 1. The molecule has 0 radical (unpaired) electrons. The van der Waals surface area contributed by atoms with Gasteiger partial charge in [-0.05, 0) is 36.5 Å². The van der Waals surface area contributed by atoms with Crippen molar-refractivity contribution in [2.24, 2.45) is 0 Å². The number of rotatable bonds is 3. The first-order chi connectivity index (χ1) is 9.22. The number of aromatic nitrogens is 2. The van der Waals surface area contributed by atoms with E-state index in [1.165, 1.54) is 30.8 Å². The normalized spacial score (nSPS) is 16.1. The van der Waals surface area contributed by atoms with Crippen LogP contribution in [0.4, 0.5) is 0 Å². The Morgan fingerprint density at radius 2 is 1.95 bits per heavy atom. The average Bonchev–Trinajstić information content (AvgIpc) is 3.02. The summed E-state index contributed by atoms with van der Waals surface area (Å²) in [5.41, 5.74) is 0.894. The van der Waals surface area contributed by atoms with Crippen molar-refractivity contribution in [1.29, 1.82) is 0 Å². The molecule has 1 aliphatic rings. The van der Waals surface area contributed by atoms with Crippen molar-refractivity contribution >= 4 is 23.8 Å². The Morgan fingerprint density at radius 1 is 1.26 bits per heavy atom. The van der Waals surface area contributed by atoms with E-state index in [4.69, 9.17) is 28.2 Å². The van der Waals surface area contributed by atoms with Gasteiger partial charge < -0.3 is 9.32 Å². The lowest BCUT2D eigenvalue weighted by molar-refractivity contribution is -0.911. The molecule has 1 aromatic heterocycles. The van der Waals surface area contributed by atoms with E-state index in [0.717, 1.165) is 12.2 Å². The van der Waals surface area contributed by atoms with E-state index >= 15 is 0 Å². The summed E-state index contributed by atoms with van der Waals surface area (Å²) in [6, 6.07) is 7.41. The van der Waals surface area contributed by atoms with Crippen LogP contribution < -0.4 is 4.90 Å². The molecular formula is C13H15ClN3OS+. The molecule has 1 saturated heterocycles. The lowest BCUT2D eigenvalue weighted by Gasteiger charge is -2.10. The summed E-state index contributed by atoms with van der Waals surface area (Å²) in [6.45, 7) is 3.16. The highest BCUT2D eigenvalue weighted by atomic mass is 35.5. The third kappa shape index (κ3) is 2.88. The first kappa shape index (κ1) is 12.8. The molecule has 0 unspecified atom stereocenters. The van der Waals surface area contributed by atoms with Crippen LogP contribution in [-0.4, -0.2) is 22.9 Å². The van der Waals surface area contributed by atoms with Gasteiger partial charge in [-0.1, -0.05) is 11.6 Å². The highest BCUT2D eigenvalue weighted by Crippen LogP contribution is 2.19. The molecule has 2 heterocycles. The molecule has 0 atom stereocenters. The summed E-state index contributed by atoms with van der Waals surface area (Å²) >= 11 is 11.1. The Morgan fingerprint density at radius 3 is 2.63 bits per heavy atom. The minimum atomic E-state index is 0.435. The highest BCUT2D eigenvalue weighted by Gasteiger charge is 2.18. The molecule has 0 bridgehead atoms. The summed E-state index contributed by atoms with van der Waals surface area (Å²) in [6.07, 6.45) is 2.56. The molecule has 6 heteroatoms. The summed E-state index contributed by atoms with van der Waals surface area (Å²) in [7, 11) is 0. The van der Waals surface area contributed by atoms with Gasteiger partial charge in [0.15, 0.2) is 6.67 Å². The Hall–Kier alpha value is -1.17. The van der Waals surface area contributed by atoms with E-state index in [9.17, 15) is 0 Å². The first-order valence-corrected chi connectivity index (χ1v) is 7.18. The molecule has 1 aromatic carbocycles. The maximum absolute atomic E-state index is 5.87. The molecule has 1 aliphatic heterocycles. The average molecular weight is 297 g/mol. The fourth-order valence-corrected chi connectivity index (χ4v) is 2.67. The van der Waals surface area contributed by atoms with E-state index in [1.54, 1.807) is 4.68 Å². The number of likely N-dealkylation sites (tertiary alicyclic amines) is 1. The Balaban J connectivity index is 1.84. The van der Waals surface area contributed by atoms with Crippen LogP contribution in [0.1, 0.15) is 12.8 Å². The summed E-state index contributed by atoms with van der Waals surface area (Å²) in [4.78, 5) is 1.94. The lowest BCUT2D eigenvalue weighted by Crippen LogP contribution is -3.09. The zero-order chi connectivity index (χ0) is 13.2. The van der Waals surface area contributed by atoms with Crippen molar-refractivity contribution in [1.82, 2.24) is 9.78 Å². The topological polar surface area (TPSA) is 35.4 Å². The molecule has 0 amide bonds. The van der Waals surface area contributed by atoms with Crippen LogP contribution in [0.25, 0.3) is 11.5 Å². The van der Waals surface area contributed by atoms with Crippen LogP contribution in [0.15, 0.2) is 28.7 Å².